The average molecular weight is 451 g/mol. The van der Waals surface area contributed by atoms with Crippen LogP contribution in [0.5, 0.6) is 11.5 Å². The van der Waals surface area contributed by atoms with E-state index in [1.54, 1.807) is 31.3 Å². The van der Waals surface area contributed by atoms with Crippen molar-refractivity contribution in [3.05, 3.63) is 59.4 Å². The zero-order chi connectivity index (χ0) is 22.9. The number of rotatable bonds is 5. The van der Waals surface area contributed by atoms with E-state index in [1.807, 2.05) is 12.1 Å². The number of fused-ring (bicyclic) bond motifs is 1. The molecule has 3 aliphatic rings. The van der Waals surface area contributed by atoms with E-state index in [-0.39, 0.29) is 36.9 Å². The molecular formula is C25H26FN3O4. The van der Waals surface area contributed by atoms with Gasteiger partial charge < -0.3 is 14.4 Å². The summed E-state index contributed by atoms with van der Waals surface area (Å²) in [7, 11) is 1.66. The first kappa shape index (κ1) is 21.4. The first-order valence-corrected chi connectivity index (χ1v) is 11.3. The molecule has 7 nitrogen and oxygen atoms in total. The second kappa shape index (κ2) is 8.84. The van der Waals surface area contributed by atoms with Gasteiger partial charge in [-0.15, -0.1) is 0 Å². The van der Waals surface area contributed by atoms with Gasteiger partial charge >= 0.3 is 0 Å². The second-order valence-electron chi connectivity index (χ2n) is 8.77. The summed E-state index contributed by atoms with van der Waals surface area (Å²) in [6, 6.07) is 11.5. The fourth-order valence-electron chi connectivity index (χ4n) is 4.82. The highest BCUT2D eigenvalue weighted by Crippen LogP contribution is 2.39. The van der Waals surface area contributed by atoms with Crippen molar-refractivity contribution in [2.75, 3.05) is 20.4 Å². The van der Waals surface area contributed by atoms with Gasteiger partial charge in [-0.3, -0.25) is 9.59 Å². The third-order valence-corrected chi connectivity index (χ3v) is 6.59. The highest BCUT2D eigenvalue weighted by atomic mass is 19.1. The Hall–Kier alpha value is -3.42. The molecule has 1 aliphatic carbocycles. The lowest BCUT2D eigenvalue weighted by molar-refractivity contribution is -0.142. The summed E-state index contributed by atoms with van der Waals surface area (Å²) in [5.74, 6) is 0.544. The number of hydrogen-bond acceptors (Lipinski definition) is 5. The predicted octanol–water partition coefficient (Wildman–Crippen LogP) is 3.88. The Balaban J connectivity index is 1.42. The van der Waals surface area contributed by atoms with E-state index >= 15 is 0 Å². The molecular weight excluding hydrogens is 425 g/mol. The highest BCUT2D eigenvalue weighted by molar-refractivity contribution is 6.03. The van der Waals surface area contributed by atoms with Gasteiger partial charge in [0.05, 0.1) is 11.8 Å². The van der Waals surface area contributed by atoms with Gasteiger partial charge in [0.1, 0.15) is 12.4 Å². The van der Waals surface area contributed by atoms with Crippen molar-refractivity contribution < 1.29 is 23.5 Å². The molecule has 0 spiro atoms. The van der Waals surface area contributed by atoms with E-state index < -0.39 is 6.04 Å². The molecule has 2 aromatic carbocycles. The smallest absolute Gasteiger partial charge is 0.262 e. The first-order chi connectivity index (χ1) is 16.0. The molecule has 2 aromatic rings. The molecule has 2 heterocycles. The molecule has 5 rings (SSSR count). The van der Waals surface area contributed by atoms with Crippen LogP contribution in [0.2, 0.25) is 0 Å². The summed E-state index contributed by atoms with van der Waals surface area (Å²) in [4.78, 5) is 27.6. The van der Waals surface area contributed by atoms with Crippen LogP contribution >= 0.6 is 0 Å². The number of nitrogens with zero attached hydrogens (tertiary/aromatic N) is 3. The fourth-order valence-corrected chi connectivity index (χ4v) is 4.82. The van der Waals surface area contributed by atoms with Gasteiger partial charge in [0.15, 0.2) is 11.5 Å². The molecule has 1 atom stereocenters. The van der Waals surface area contributed by atoms with Crippen LogP contribution in [0, 0.1) is 11.7 Å². The highest BCUT2D eigenvalue weighted by Gasteiger charge is 2.36. The van der Waals surface area contributed by atoms with Gasteiger partial charge in [0.2, 0.25) is 12.7 Å². The van der Waals surface area contributed by atoms with Crippen LogP contribution in [0.4, 0.5) is 4.39 Å². The summed E-state index contributed by atoms with van der Waals surface area (Å²) >= 11 is 0. The number of carbonyl (C=O) groups excluding carboxylic acids is 2. The summed E-state index contributed by atoms with van der Waals surface area (Å²) < 4.78 is 25.4. The Kier molecular flexibility index (Phi) is 5.74. The zero-order valence-electron chi connectivity index (χ0n) is 18.5. The van der Waals surface area contributed by atoms with Gasteiger partial charge in [-0.2, -0.15) is 5.10 Å². The number of ether oxygens (including phenoxy) is 2. The van der Waals surface area contributed by atoms with Crippen molar-refractivity contribution in [2.45, 2.75) is 38.1 Å². The molecule has 0 radical (unpaired) electrons. The van der Waals surface area contributed by atoms with E-state index in [4.69, 9.17) is 9.47 Å². The van der Waals surface area contributed by atoms with Crippen molar-refractivity contribution in [2.24, 2.45) is 11.0 Å². The lowest BCUT2D eigenvalue weighted by Crippen LogP contribution is -2.41. The molecule has 0 unspecified atom stereocenters. The Bertz CT molecular complexity index is 1110. The van der Waals surface area contributed by atoms with Crippen LogP contribution in [0.3, 0.4) is 0 Å². The SMILES string of the molecule is CN(CC(=O)N1N=C(c2ccccc2F)C[C@@H]1c1ccc2c(c1)OCO2)C(=O)C1CCCC1. The lowest BCUT2D eigenvalue weighted by Gasteiger charge is -2.26. The zero-order valence-corrected chi connectivity index (χ0v) is 18.5. The number of benzene rings is 2. The number of amides is 2. The molecule has 0 N–H and O–H groups in total. The quantitative estimate of drug-likeness (QED) is 0.692. The minimum absolute atomic E-state index is 0.00187. The molecule has 0 aromatic heterocycles. The minimum atomic E-state index is -0.434. The summed E-state index contributed by atoms with van der Waals surface area (Å²) in [5, 5.41) is 5.92. The van der Waals surface area contributed by atoms with Crippen molar-refractivity contribution in [3.8, 4) is 11.5 Å². The van der Waals surface area contributed by atoms with Crippen LogP contribution in [0.15, 0.2) is 47.6 Å². The topological polar surface area (TPSA) is 71.4 Å². The van der Waals surface area contributed by atoms with Gasteiger partial charge in [0, 0.05) is 24.9 Å². The van der Waals surface area contributed by atoms with E-state index in [9.17, 15) is 14.0 Å². The number of halogens is 1. The summed E-state index contributed by atoms with van der Waals surface area (Å²) in [5.41, 5.74) is 1.68. The minimum Gasteiger partial charge on any atom is -0.454 e. The Morgan fingerprint density at radius 3 is 2.67 bits per heavy atom. The van der Waals surface area contributed by atoms with E-state index in [0.29, 0.717) is 29.2 Å². The van der Waals surface area contributed by atoms with Crippen LogP contribution in [-0.2, 0) is 9.59 Å². The summed E-state index contributed by atoms with van der Waals surface area (Å²) in [6.07, 6.45) is 4.19. The molecule has 8 heteroatoms. The maximum atomic E-state index is 14.5. The molecule has 2 amide bonds. The predicted molar refractivity (Wildman–Crippen MR) is 119 cm³/mol. The van der Waals surface area contributed by atoms with E-state index in [0.717, 1.165) is 31.2 Å². The van der Waals surface area contributed by atoms with E-state index in [2.05, 4.69) is 5.10 Å². The van der Waals surface area contributed by atoms with Crippen molar-refractivity contribution in [3.63, 3.8) is 0 Å². The maximum absolute atomic E-state index is 14.5. The Morgan fingerprint density at radius 2 is 1.88 bits per heavy atom. The van der Waals surface area contributed by atoms with Crippen molar-refractivity contribution >= 4 is 17.5 Å². The van der Waals surface area contributed by atoms with Crippen molar-refractivity contribution in [1.29, 1.82) is 0 Å². The standard InChI is InChI=1S/C25H26FN3O4/c1-28(25(31)16-6-2-3-7-16)14-24(30)29-21(17-10-11-22-23(12-17)33-15-32-22)13-20(27-29)18-8-4-5-9-19(18)26/h4-5,8-12,16,21H,2-3,6-7,13-15H2,1H3/t21-/m1/s1. The van der Waals surface area contributed by atoms with Crippen LogP contribution < -0.4 is 9.47 Å². The molecule has 33 heavy (non-hydrogen) atoms. The number of likely N-dealkylation sites (N-methyl/N-ethyl adjacent to an activating group) is 1. The Morgan fingerprint density at radius 1 is 1.12 bits per heavy atom. The second-order valence-corrected chi connectivity index (χ2v) is 8.77. The third kappa shape index (κ3) is 4.17. The van der Waals surface area contributed by atoms with Crippen molar-refractivity contribution in [1.82, 2.24) is 9.91 Å². The van der Waals surface area contributed by atoms with Crippen LogP contribution in [0.25, 0.3) is 0 Å². The van der Waals surface area contributed by atoms with Gasteiger partial charge in [-0.05, 0) is 36.6 Å². The molecule has 1 fully saturated rings. The normalized spacial score (nSPS) is 19.6. The van der Waals surface area contributed by atoms with Crippen LogP contribution in [0.1, 0.15) is 49.3 Å². The molecule has 172 valence electrons. The third-order valence-electron chi connectivity index (χ3n) is 6.59. The molecule has 0 bridgehead atoms. The average Bonchev–Trinajstić information content (AvgIpc) is 3.58. The van der Waals surface area contributed by atoms with Gasteiger partial charge in [0.25, 0.3) is 5.91 Å². The number of hydrogen-bond donors (Lipinski definition) is 0. The van der Waals surface area contributed by atoms with Gasteiger partial charge in [-0.25, -0.2) is 9.40 Å². The largest absolute Gasteiger partial charge is 0.454 e. The fraction of sp³-hybridized carbons (Fsp3) is 0.400. The number of hydrazone groups is 1. The van der Waals surface area contributed by atoms with Gasteiger partial charge in [-0.1, -0.05) is 37.1 Å². The molecule has 1 saturated carbocycles. The van der Waals surface area contributed by atoms with E-state index in [1.165, 1.54) is 16.0 Å². The van der Waals surface area contributed by atoms with Crippen LogP contribution in [-0.4, -0.2) is 47.8 Å². The molecule has 2 aliphatic heterocycles. The lowest BCUT2D eigenvalue weighted by atomic mass is 9.97. The first-order valence-electron chi connectivity index (χ1n) is 11.3. The number of carbonyl (C=O) groups is 2. The maximum Gasteiger partial charge on any atom is 0.262 e. The Labute approximate surface area is 191 Å². The molecule has 0 saturated heterocycles. The monoisotopic (exact) mass is 451 g/mol. The summed E-state index contributed by atoms with van der Waals surface area (Å²) in [6.45, 7) is 0.0710.